The second-order valence-corrected chi connectivity index (χ2v) is 4.54. The highest BCUT2D eigenvalue weighted by molar-refractivity contribution is 9.08. The highest BCUT2D eigenvalue weighted by Crippen LogP contribution is 2.37. The molecular weight excluding hydrogens is 296 g/mol. The average molecular weight is 310 g/mol. The van der Waals surface area contributed by atoms with E-state index >= 15 is 0 Å². The Morgan fingerprint density at radius 2 is 2.06 bits per heavy atom. The summed E-state index contributed by atoms with van der Waals surface area (Å²) in [7, 11) is 0. The SMILES string of the molecule is FC(F)COCCc1nnc(CBr)n1C1CC1. The first-order valence-corrected chi connectivity index (χ1v) is 6.69. The van der Waals surface area contributed by atoms with Crippen molar-refractivity contribution in [1.82, 2.24) is 14.8 Å². The molecule has 1 aliphatic rings. The molecule has 0 amide bonds. The third-order valence-electron chi connectivity index (χ3n) is 2.58. The number of halogens is 3. The van der Waals surface area contributed by atoms with Crippen LogP contribution in [0.2, 0.25) is 0 Å². The van der Waals surface area contributed by atoms with E-state index in [1.807, 2.05) is 0 Å². The van der Waals surface area contributed by atoms with Crippen molar-refractivity contribution in [2.45, 2.75) is 37.1 Å². The molecule has 1 aliphatic carbocycles. The van der Waals surface area contributed by atoms with Gasteiger partial charge in [-0.2, -0.15) is 0 Å². The predicted molar refractivity (Wildman–Crippen MR) is 61.5 cm³/mol. The molecule has 0 radical (unpaired) electrons. The molecule has 1 fully saturated rings. The lowest BCUT2D eigenvalue weighted by Crippen LogP contribution is -2.11. The van der Waals surface area contributed by atoms with Crippen LogP contribution in [0.1, 0.15) is 30.5 Å². The number of hydrogen-bond donors (Lipinski definition) is 0. The molecule has 0 bridgehead atoms. The standard InChI is InChI=1S/C10H14BrF2N3O/c11-5-10-15-14-9(16(10)7-1-2-7)3-4-17-6-8(12)13/h7-8H,1-6H2. The fourth-order valence-electron chi connectivity index (χ4n) is 1.71. The Morgan fingerprint density at radius 3 is 2.65 bits per heavy atom. The van der Waals surface area contributed by atoms with Crippen LogP contribution in [-0.4, -0.2) is 34.4 Å². The molecule has 2 rings (SSSR count). The third kappa shape index (κ3) is 3.45. The van der Waals surface area contributed by atoms with E-state index in [-0.39, 0.29) is 6.61 Å². The fourth-order valence-corrected chi connectivity index (χ4v) is 2.09. The predicted octanol–water partition coefficient (Wildman–Crippen LogP) is 2.33. The Bertz CT molecular complexity index is 368. The van der Waals surface area contributed by atoms with Gasteiger partial charge >= 0.3 is 0 Å². The zero-order chi connectivity index (χ0) is 12.3. The Morgan fingerprint density at radius 1 is 1.35 bits per heavy atom. The van der Waals surface area contributed by atoms with Gasteiger partial charge in [-0.15, -0.1) is 10.2 Å². The number of nitrogens with zero attached hydrogens (tertiary/aromatic N) is 3. The van der Waals surface area contributed by atoms with Crippen LogP contribution in [0.5, 0.6) is 0 Å². The van der Waals surface area contributed by atoms with Crippen molar-refractivity contribution in [3.05, 3.63) is 11.6 Å². The van der Waals surface area contributed by atoms with Crippen LogP contribution in [0.4, 0.5) is 8.78 Å². The Kier molecular flexibility index (Phi) is 4.44. The van der Waals surface area contributed by atoms with E-state index in [0.717, 1.165) is 24.5 Å². The number of hydrogen-bond acceptors (Lipinski definition) is 3. The van der Waals surface area contributed by atoms with E-state index in [4.69, 9.17) is 4.74 Å². The highest BCUT2D eigenvalue weighted by atomic mass is 79.9. The monoisotopic (exact) mass is 309 g/mol. The summed E-state index contributed by atoms with van der Waals surface area (Å²) < 4.78 is 30.7. The molecule has 0 N–H and O–H groups in total. The normalized spacial score (nSPS) is 15.8. The van der Waals surface area contributed by atoms with Crippen molar-refractivity contribution >= 4 is 15.9 Å². The molecule has 4 nitrogen and oxygen atoms in total. The van der Waals surface area contributed by atoms with Crippen molar-refractivity contribution in [2.24, 2.45) is 0 Å². The molecule has 0 atom stereocenters. The third-order valence-corrected chi connectivity index (χ3v) is 3.08. The van der Waals surface area contributed by atoms with Gasteiger partial charge in [-0.1, -0.05) is 15.9 Å². The molecule has 17 heavy (non-hydrogen) atoms. The Labute approximate surface area is 106 Å². The van der Waals surface area contributed by atoms with Crippen LogP contribution in [0, 0.1) is 0 Å². The molecule has 0 aliphatic heterocycles. The minimum atomic E-state index is -2.41. The molecule has 1 aromatic rings. The first kappa shape index (κ1) is 12.9. The van der Waals surface area contributed by atoms with E-state index in [9.17, 15) is 8.78 Å². The van der Waals surface area contributed by atoms with E-state index in [0.29, 0.717) is 17.8 Å². The minimum Gasteiger partial charge on any atom is -0.375 e. The van der Waals surface area contributed by atoms with Crippen LogP contribution in [0.3, 0.4) is 0 Å². The minimum absolute atomic E-state index is 0.261. The van der Waals surface area contributed by atoms with Gasteiger partial charge in [0, 0.05) is 12.5 Å². The molecule has 0 spiro atoms. The summed E-state index contributed by atoms with van der Waals surface area (Å²) in [6.07, 6.45) is 0.407. The van der Waals surface area contributed by atoms with Gasteiger partial charge in [0.15, 0.2) is 0 Å². The quantitative estimate of drug-likeness (QED) is 0.573. The zero-order valence-corrected chi connectivity index (χ0v) is 10.9. The molecule has 7 heteroatoms. The molecule has 1 aromatic heterocycles. The lowest BCUT2D eigenvalue weighted by Gasteiger charge is -2.07. The molecule has 1 saturated carbocycles. The summed E-state index contributed by atoms with van der Waals surface area (Å²) in [5.41, 5.74) is 0. The van der Waals surface area contributed by atoms with E-state index in [1.54, 1.807) is 0 Å². The van der Waals surface area contributed by atoms with Crippen LogP contribution in [-0.2, 0) is 16.5 Å². The first-order chi connectivity index (χ1) is 8.22. The molecule has 0 aromatic carbocycles. The van der Waals surface area contributed by atoms with Crippen LogP contribution in [0.15, 0.2) is 0 Å². The smallest absolute Gasteiger partial charge is 0.261 e. The topological polar surface area (TPSA) is 39.9 Å². The van der Waals surface area contributed by atoms with Crippen LogP contribution >= 0.6 is 15.9 Å². The van der Waals surface area contributed by atoms with E-state index < -0.39 is 13.0 Å². The summed E-state index contributed by atoms with van der Waals surface area (Å²) in [6, 6.07) is 0.489. The van der Waals surface area contributed by atoms with Crippen molar-refractivity contribution < 1.29 is 13.5 Å². The van der Waals surface area contributed by atoms with Gasteiger partial charge in [0.05, 0.1) is 11.9 Å². The van der Waals surface area contributed by atoms with Crippen molar-refractivity contribution in [3.8, 4) is 0 Å². The van der Waals surface area contributed by atoms with E-state index in [1.165, 1.54) is 0 Å². The number of ether oxygens (including phenoxy) is 1. The number of alkyl halides is 3. The van der Waals surface area contributed by atoms with Gasteiger partial charge in [0.1, 0.15) is 18.3 Å². The van der Waals surface area contributed by atoms with Crippen LogP contribution < -0.4 is 0 Å². The van der Waals surface area contributed by atoms with Gasteiger partial charge in [0.2, 0.25) is 0 Å². The summed E-state index contributed by atoms with van der Waals surface area (Å²) in [5, 5.41) is 8.81. The maximum atomic E-state index is 11.9. The van der Waals surface area contributed by atoms with Crippen molar-refractivity contribution in [2.75, 3.05) is 13.2 Å². The van der Waals surface area contributed by atoms with Gasteiger partial charge in [-0.3, -0.25) is 0 Å². The van der Waals surface area contributed by atoms with Gasteiger partial charge in [-0.05, 0) is 12.8 Å². The van der Waals surface area contributed by atoms with Crippen LogP contribution in [0.25, 0.3) is 0 Å². The summed E-state index contributed by atoms with van der Waals surface area (Å²) >= 11 is 3.36. The largest absolute Gasteiger partial charge is 0.375 e. The molecule has 0 unspecified atom stereocenters. The van der Waals surface area contributed by atoms with Gasteiger partial charge < -0.3 is 9.30 Å². The van der Waals surface area contributed by atoms with Gasteiger partial charge in [-0.25, -0.2) is 8.78 Å². The molecular formula is C10H14BrF2N3O. The lowest BCUT2D eigenvalue weighted by molar-refractivity contribution is 0.0181. The number of rotatable bonds is 7. The average Bonchev–Trinajstić information content (AvgIpc) is 3.05. The molecule has 96 valence electrons. The summed E-state index contributed by atoms with van der Waals surface area (Å²) in [4.78, 5) is 0. The summed E-state index contributed by atoms with van der Waals surface area (Å²) in [6.45, 7) is -0.250. The number of aromatic nitrogens is 3. The summed E-state index contributed by atoms with van der Waals surface area (Å²) in [5.74, 6) is 1.73. The van der Waals surface area contributed by atoms with E-state index in [2.05, 4.69) is 30.7 Å². The highest BCUT2D eigenvalue weighted by Gasteiger charge is 2.28. The Balaban J connectivity index is 1.89. The Hall–Kier alpha value is -0.560. The van der Waals surface area contributed by atoms with Gasteiger partial charge in [0.25, 0.3) is 6.43 Å². The zero-order valence-electron chi connectivity index (χ0n) is 9.28. The molecule has 1 heterocycles. The second-order valence-electron chi connectivity index (χ2n) is 3.98. The second kappa shape index (κ2) is 5.86. The fraction of sp³-hybridized carbons (Fsp3) is 0.800. The first-order valence-electron chi connectivity index (χ1n) is 5.57. The molecule has 0 saturated heterocycles. The maximum Gasteiger partial charge on any atom is 0.261 e. The van der Waals surface area contributed by atoms with Crippen molar-refractivity contribution in [1.29, 1.82) is 0 Å². The van der Waals surface area contributed by atoms with Crippen molar-refractivity contribution in [3.63, 3.8) is 0 Å². The lowest BCUT2D eigenvalue weighted by atomic mass is 10.4. The maximum absolute atomic E-state index is 11.9.